The number of nitrogens with one attached hydrogen (secondary N) is 2. The van der Waals surface area contributed by atoms with Gasteiger partial charge in [0, 0.05) is 31.3 Å². The lowest BCUT2D eigenvalue weighted by Gasteiger charge is -2.26. The monoisotopic (exact) mass is 427 g/mol. The highest BCUT2D eigenvalue weighted by molar-refractivity contribution is 7.80. The first-order valence-corrected chi connectivity index (χ1v) is 10.2. The summed E-state index contributed by atoms with van der Waals surface area (Å²) in [6, 6.07) is 12.3. The van der Waals surface area contributed by atoms with Crippen molar-refractivity contribution in [1.82, 2.24) is 15.2 Å². The van der Waals surface area contributed by atoms with Crippen LogP contribution in [-0.2, 0) is 17.8 Å². The molecule has 158 valence electrons. The molecule has 2 aromatic carbocycles. The number of nitrogens with zero attached hydrogens (tertiary/aromatic N) is 1. The van der Waals surface area contributed by atoms with Crippen LogP contribution in [0.1, 0.15) is 22.3 Å². The standard InChI is InChI=1S/C23H26FN3O2S/c1-15-10-18-12-19(22(28)26-21(18)11-16(15)2)14-27(23(30)25-8-9-29-3)13-17-4-6-20(24)7-5-17/h4-7,10-12H,8-9,13-14H2,1-3H3,(H,25,30)(H,26,28). The third-order valence-corrected chi connectivity index (χ3v) is 5.46. The largest absolute Gasteiger partial charge is 0.383 e. The van der Waals surface area contributed by atoms with Gasteiger partial charge in [0.1, 0.15) is 5.82 Å². The number of benzene rings is 2. The van der Waals surface area contributed by atoms with Crippen LogP contribution in [0.3, 0.4) is 0 Å². The van der Waals surface area contributed by atoms with E-state index in [1.807, 2.05) is 24.0 Å². The predicted molar refractivity (Wildman–Crippen MR) is 122 cm³/mol. The van der Waals surface area contributed by atoms with Crippen molar-refractivity contribution >= 4 is 28.2 Å². The summed E-state index contributed by atoms with van der Waals surface area (Å²) < 4.78 is 18.4. The van der Waals surface area contributed by atoms with Crippen LogP contribution in [0.5, 0.6) is 0 Å². The number of methoxy groups -OCH3 is 1. The molecule has 0 saturated carbocycles. The maximum atomic E-state index is 13.3. The van der Waals surface area contributed by atoms with E-state index in [2.05, 4.69) is 23.3 Å². The number of hydrogen-bond donors (Lipinski definition) is 2. The van der Waals surface area contributed by atoms with Crippen molar-refractivity contribution < 1.29 is 9.13 Å². The minimum absolute atomic E-state index is 0.144. The van der Waals surface area contributed by atoms with E-state index in [1.165, 1.54) is 17.7 Å². The summed E-state index contributed by atoms with van der Waals surface area (Å²) in [7, 11) is 1.62. The molecule has 0 aliphatic carbocycles. The Hall–Kier alpha value is -2.77. The van der Waals surface area contributed by atoms with Crippen LogP contribution in [-0.4, -0.2) is 35.3 Å². The number of aromatic amines is 1. The van der Waals surface area contributed by atoms with Crippen molar-refractivity contribution in [1.29, 1.82) is 0 Å². The van der Waals surface area contributed by atoms with Gasteiger partial charge < -0.3 is 19.9 Å². The zero-order valence-electron chi connectivity index (χ0n) is 17.4. The second kappa shape index (κ2) is 9.82. The van der Waals surface area contributed by atoms with Gasteiger partial charge in [-0.1, -0.05) is 12.1 Å². The number of ether oxygens (including phenoxy) is 1. The molecule has 0 spiro atoms. The molecule has 1 heterocycles. The smallest absolute Gasteiger partial charge is 0.253 e. The van der Waals surface area contributed by atoms with E-state index in [0.29, 0.717) is 36.9 Å². The molecular formula is C23H26FN3O2S. The zero-order chi connectivity index (χ0) is 21.7. The maximum Gasteiger partial charge on any atom is 0.253 e. The quantitative estimate of drug-likeness (QED) is 0.444. The van der Waals surface area contributed by atoms with Gasteiger partial charge in [0.25, 0.3) is 5.56 Å². The maximum absolute atomic E-state index is 13.3. The van der Waals surface area contributed by atoms with E-state index >= 15 is 0 Å². The summed E-state index contributed by atoms with van der Waals surface area (Å²) in [6.45, 7) is 5.92. The summed E-state index contributed by atoms with van der Waals surface area (Å²) in [6.07, 6.45) is 0. The van der Waals surface area contributed by atoms with Gasteiger partial charge in [-0.3, -0.25) is 4.79 Å². The number of rotatable bonds is 7. The SMILES string of the molecule is COCCNC(=S)N(Cc1ccc(F)cc1)Cc1cc2cc(C)c(C)cc2[nH]c1=O. The Bertz CT molecular complexity index is 1100. The second-order valence-corrected chi connectivity index (χ2v) is 7.74. The normalized spacial score (nSPS) is 10.9. The van der Waals surface area contributed by atoms with Crippen molar-refractivity contribution in [2.24, 2.45) is 0 Å². The van der Waals surface area contributed by atoms with Gasteiger partial charge in [0.15, 0.2) is 5.11 Å². The molecule has 30 heavy (non-hydrogen) atoms. The van der Waals surface area contributed by atoms with Crippen LogP contribution in [0.4, 0.5) is 4.39 Å². The number of halogens is 1. The summed E-state index contributed by atoms with van der Waals surface area (Å²) in [5, 5.41) is 4.64. The molecular weight excluding hydrogens is 401 g/mol. The fraction of sp³-hybridized carbons (Fsp3) is 0.304. The van der Waals surface area contributed by atoms with Crippen molar-refractivity contribution in [2.75, 3.05) is 20.3 Å². The Kier molecular flexibility index (Phi) is 7.18. The van der Waals surface area contributed by atoms with Crippen molar-refractivity contribution in [3.8, 4) is 0 Å². The molecule has 0 bridgehead atoms. The van der Waals surface area contributed by atoms with Crippen molar-refractivity contribution in [3.63, 3.8) is 0 Å². The van der Waals surface area contributed by atoms with Gasteiger partial charge >= 0.3 is 0 Å². The van der Waals surface area contributed by atoms with E-state index in [9.17, 15) is 9.18 Å². The summed E-state index contributed by atoms with van der Waals surface area (Å²) in [5.41, 5.74) is 4.49. The molecule has 0 unspecified atom stereocenters. The molecule has 0 amide bonds. The number of fused-ring (bicyclic) bond motifs is 1. The summed E-state index contributed by atoms with van der Waals surface area (Å²) in [5.74, 6) is -0.289. The minimum atomic E-state index is -0.289. The number of hydrogen-bond acceptors (Lipinski definition) is 3. The number of aryl methyl sites for hydroxylation is 2. The molecule has 7 heteroatoms. The first kappa shape index (κ1) is 21.9. The Morgan fingerprint density at radius 2 is 1.83 bits per heavy atom. The topological polar surface area (TPSA) is 57.4 Å². The molecule has 0 atom stereocenters. The lowest BCUT2D eigenvalue weighted by atomic mass is 10.0. The summed E-state index contributed by atoms with van der Waals surface area (Å²) >= 11 is 5.56. The molecule has 5 nitrogen and oxygen atoms in total. The Morgan fingerprint density at radius 3 is 2.53 bits per heavy atom. The first-order valence-electron chi connectivity index (χ1n) is 9.76. The fourth-order valence-electron chi connectivity index (χ4n) is 3.23. The van der Waals surface area contributed by atoms with Gasteiger partial charge in [-0.25, -0.2) is 4.39 Å². The van der Waals surface area contributed by atoms with Crippen LogP contribution in [0.2, 0.25) is 0 Å². The van der Waals surface area contributed by atoms with Crippen molar-refractivity contribution in [3.05, 3.63) is 80.9 Å². The third kappa shape index (κ3) is 5.43. The molecule has 0 radical (unpaired) electrons. The zero-order valence-corrected chi connectivity index (χ0v) is 18.2. The van der Waals surface area contributed by atoms with E-state index in [-0.39, 0.29) is 11.4 Å². The molecule has 1 aromatic heterocycles. The number of pyridine rings is 1. The Morgan fingerprint density at radius 1 is 1.13 bits per heavy atom. The van der Waals surface area contributed by atoms with E-state index < -0.39 is 0 Å². The lowest BCUT2D eigenvalue weighted by Crippen LogP contribution is -2.41. The van der Waals surface area contributed by atoms with E-state index in [4.69, 9.17) is 17.0 Å². The molecule has 3 rings (SSSR count). The molecule has 0 aliphatic rings. The molecule has 0 fully saturated rings. The summed E-state index contributed by atoms with van der Waals surface area (Å²) in [4.78, 5) is 17.6. The number of H-pyrrole nitrogens is 1. The van der Waals surface area contributed by atoms with Gasteiger partial charge in [0.2, 0.25) is 0 Å². The fourth-order valence-corrected chi connectivity index (χ4v) is 3.46. The lowest BCUT2D eigenvalue weighted by molar-refractivity contribution is 0.202. The average Bonchev–Trinajstić information content (AvgIpc) is 2.71. The highest BCUT2D eigenvalue weighted by Crippen LogP contribution is 2.18. The van der Waals surface area contributed by atoms with Crippen LogP contribution >= 0.6 is 12.2 Å². The molecule has 0 aliphatic heterocycles. The van der Waals surface area contributed by atoms with Gasteiger partial charge in [-0.15, -0.1) is 0 Å². The number of aromatic nitrogens is 1. The molecule has 3 aromatic rings. The Balaban J connectivity index is 1.89. The minimum Gasteiger partial charge on any atom is -0.383 e. The molecule has 0 saturated heterocycles. The third-order valence-electron chi connectivity index (χ3n) is 5.05. The Labute approximate surface area is 180 Å². The predicted octanol–water partition coefficient (Wildman–Crippen LogP) is 3.81. The first-order chi connectivity index (χ1) is 14.4. The van der Waals surface area contributed by atoms with Crippen LogP contribution in [0, 0.1) is 19.7 Å². The van der Waals surface area contributed by atoms with Crippen LogP contribution < -0.4 is 10.9 Å². The number of thiocarbonyl (C=S) groups is 1. The van der Waals surface area contributed by atoms with E-state index in [1.54, 1.807) is 19.2 Å². The highest BCUT2D eigenvalue weighted by atomic mass is 32.1. The van der Waals surface area contributed by atoms with E-state index in [0.717, 1.165) is 22.0 Å². The van der Waals surface area contributed by atoms with Crippen molar-refractivity contribution in [2.45, 2.75) is 26.9 Å². The second-order valence-electron chi connectivity index (χ2n) is 7.35. The van der Waals surface area contributed by atoms with Gasteiger partial charge in [-0.05, 0) is 78.5 Å². The van der Waals surface area contributed by atoms with Gasteiger partial charge in [0.05, 0.1) is 13.2 Å². The highest BCUT2D eigenvalue weighted by Gasteiger charge is 2.14. The van der Waals surface area contributed by atoms with Crippen LogP contribution in [0.15, 0.2) is 47.3 Å². The van der Waals surface area contributed by atoms with Crippen LogP contribution in [0.25, 0.3) is 10.9 Å². The van der Waals surface area contributed by atoms with Gasteiger partial charge in [-0.2, -0.15) is 0 Å². The average molecular weight is 428 g/mol. The molecule has 2 N–H and O–H groups in total.